The highest BCUT2D eigenvalue weighted by atomic mass is 32.1. The first-order valence-electron chi connectivity index (χ1n) is 11.7. The van der Waals surface area contributed by atoms with Crippen molar-refractivity contribution in [2.45, 2.75) is 13.8 Å². The number of aromatic nitrogens is 1. The van der Waals surface area contributed by atoms with Gasteiger partial charge in [0.25, 0.3) is 5.91 Å². The van der Waals surface area contributed by atoms with Crippen LogP contribution in [0, 0.1) is 0 Å². The zero-order valence-electron chi connectivity index (χ0n) is 19.8. The second-order valence-electron chi connectivity index (χ2n) is 8.10. The summed E-state index contributed by atoms with van der Waals surface area (Å²) in [4.78, 5) is 22.6. The molecular weight excluding hydrogens is 462 g/mol. The van der Waals surface area contributed by atoms with E-state index in [0.717, 1.165) is 35.6 Å². The van der Waals surface area contributed by atoms with E-state index in [1.54, 1.807) is 11.0 Å². The zero-order valence-corrected chi connectivity index (χ0v) is 20.6. The van der Waals surface area contributed by atoms with Gasteiger partial charge in [-0.05, 0) is 43.4 Å². The fourth-order valence-corrected chi connectivity index (χ4v) is 4.96. The van der Waals surface area contributed by atoms with Gasteiger partial charge in [0.15, 0.2) is 16.6 Å². The number of nitrogens with zero attached hydrogens (tertiary/aromatic N) is 3. The van der Waals surface area contributed by atoms with Crippen LogP contribution in [0.15, 0.2) is 66.7 Å². The van der Waals surface area contributed by atoms with Crippen molar-refractivity contribution < 1.29 is 19.0 Å². The number of carbonyl (C=O) groups excluding carboxylic acids is 1. The van der Waals surface area contributed by atoms with Crippen LogP contribution in [0.5, 0.6) is 23.0 Å². The van der Waals surface area contributed by atoms with E-state index in [2.05, 4.69) is 18.7 Å². The van der Waals surface area contributed by atoms with Gasteiger partial charge in [0.05, 0.1) is 10.2 Å². The molecule has 0 saturated carbocycles. The highest BCUT2D eigenvalue weighted by molar-refractivity contribution is 7.22. The molecule has 1 aromatic heterocycles. The number of anilines is 1. The highest BCUT2D eigenvalue weighted by Crippen LogP contribution is 2.40. The van der Waals surface area contributed by atoms with Gasteiger partial charge in [0, 0.05) is 30.8 Å². The first-order chi connectivity index (χ1) is 17.1. The molecule has 180 valence electrons. The lowest BCUT2D eigenvalue weighted by Gasteiger charge is -2.25. The van der Waals surface area contributed by atoms with Crippen LogP contribution in [0.1, 0.15) is 24.2 Å². The van der Waals surface area contributed by atoms with Gasteiger partial charge < -0.3 is 19.1 Å². The fourth-order valence-electron chi connectivity index (χ4n) is 3.96. The minimum atomic E-state index is -0.116. The third kappa shape index (κ3) is 5.08. The molecule has 1 aliphatic heterocycles. The fraction of sp³-hybridized carbons (Fsp3) is 0.259. The van der Waals surface area contributed by atoms with Crippen molar-refractivity contribution >= 4 is 32.6 Å². The molecule has 7 nitrogen and oxygen atoms in total. The minimum Gasteiger partial charge on any atom is -0.457 e. The van der Waals surface area contributed by atoms with E-state index in [0.29, 0.717) is 34.5 Å². The monoisotopic (exact) mass is 489 g/mol. The Hall–Kier alpha value is -3.62. The van der Waals surface area contributed by atoms with Crippen LogP contribution < -0.4 is 19.1 Å². The lowest BCUT2D eigenvalue weighted by molar-refractivity contribution is 0.0983. The van der Waals surface area contributed by atoms with Crippen molar-refractivity contribution in [1.82, 2.24) is 9.88 Å². The molecule has 0 radical (unpaired) electrons. The Morgan fingerprint density at radius 2 is 1.69 bits per heavy atom. The van der Waals surface area contributed by atoms with Crippen LogP contribution in [0.4, 0.5) is 5.13 Å². The van der Waals surface area contributed by atoms with Gasteiger partial charge in [-0.2, -0.15) is 0 Å². The molecule has 1 amide bonds. The molecule has 2 heterocycles. The smallest absolute Gasteiger partial charge is 0.260 e. The second kappa shape index (κ2) is 10.3. The highest BCUT2D eigenvalue weighted by Gasteiger charge is 2.24. The summed E-state index contributed by atoms with van der Waals surface area (Å²) >= 11 is 1.48. The Bertz CT molecular complexity index is 1280. The van der Waals surface area contributed by atoms with Gasteiger partial charge in [-0.3, -0.25) is 9.69 Å². The van der Waals surface area contributed by atoms with Gasteiger partial charge in [0.2, 0.25) is 6.79 Å². The van der Waals surface area contributed by atoms with Crippen molar-refractivity contribution in [1.29, 1.82) is 0 Å². The predicted molar refractivity (Wildman–Crippen MR) is 138 cm³/mol. The molecule has 35 heavy (non-hydrogen) atoms. The van der Waals surface area contributed by atoms with E-state index in [4.69, 9.17) is 19.2 Å². The van der Waals surface area contributed by atoms with E-state index < -0.39 is 0 Å². The lowest BCUT2D eigenvalue weighted by atomic mass is 10.2. The van der Waals surface area contributed by atoms with Crippen molar-refractivity contribution in [3.63, 3.8) is 0 Å². The number of para-hydroxylation sites is 1. The van der Waals surface area contributed by atoms with Gasteiger partial charge in [0.1, 0.15) is 11.5 Å². The zero-order chi connectivity index (χ0) is 24.2. The Morgan fingerprint density at radius 3 is 2.46 bits per heavy atom. The second-order valence-corrected chi connectivity index (χ2v) is 9.11. The Labute approximate surface area is 208 Å². The van der Waals surface area contributed by atoms with Crippen LogP contribution in [0.2, 0.25) is 0 Å². The summed E-state index contributed by atoms with van der Waals surface area (Å²) in [6, 6.07) is 20.6. The Morgan fingerprint density at radius 1 is 0.943 bits per heavy atom. The molecular formula is C27H27N3O4S. The number of likely N-dealkylation sites (N-methyl/N-ethyl adjacent to an activating group) is 1. The molecule has 4 aromatic rings. The van der Waals surface area contributed by atoms with E-state index in [1.165, 1.54) is 11.3 Å². The molecule has 8 heteroatoms. The number of fused-ring (bicyclic) bond motifs is 2. The predicted octanol–water partition coefficient (Wildman–Crippen LogP) is 5.81. The third-order valence-electron chi connectivity index (χ3n) is 5.94. The summed E-state index contributed by atoms with van der Waals surface area (Å²) in [5.41, 5.74) is 1.34. The summed E-state index contributed by atoms with van der Waals surface area (Å²) in [5.74, 6) is 2.61. The summed E-state index contributed by atoms with van der Waals surface area (Å²) in [5, 5.41) is 0.648. The maximum absolute atomic E-state index is 13.8. The molecule has 1 aliphatic rings. The summed E-state index contributed by atoms with van der Waals surface area (Å²) in [6.45, 7) is 7.57. The molecule has 0 spiro atoms. The Balaban J connectivity index is 1.45. The molecule has 0 unspecified atom stereocenters. The first kappa shape index (κ1) is 23.1. The SMILES string of the molecule is CCN(CC)CCN(C(=O)c1cccc(Oc2ccccc2)c1)c1nc2cc3c(cc2s1)OCO3. The largest absolute Gasteiger partial charge is 0.457 e. The number of amides is 1. The summed E-state index contributed by atoms with van der Waals surface area (Å²) in [6.07, 6.45) is 0. The van der Waals surface area contributed by atoms with Crippen LogP contribution in [0.25, 0.3) is 10.2 Å². The topological polar surface area (TPSA) is 64.1 Å². The molecule has 0 bridgehead atoms. The van der Waals surface area contributed by atoms with Gasteiger partial charge in [-0.25, -0.2) is 4.98 Å². The maximum Gasteiger partial charge on any atom is 0.260 e. The molecule has 0 saturated heterocycles. The molecule has 0 aliphatic carbocycles. The average molecular weight is 490 g/mol. The standard InChI is InChI=1S/C27H27N3O4S/c1-3-29(4-2)13-14-30(27-28-22-16-23-24(33-18-32-23)17-25(22)35-27)26(31)19-9-8-12-21(15-19)34-20-10-6-5-7-11-20/h5-12,15-17H,3-4,13-14,18H2,1-2H3. The average Bonchev–Trinajstić information content (AvgIpc) is 3.51. The van der Waals surface area contributed by atoms with Crippen molar-refractivity contribution in [3.05, 3.63) is 72.3 Å². The van der Waals surface area contributed by atoms with Crippen LogP contribution in [0.3, 0.4) is 0 Å². The lowest BCUT2D eigenvalue weighted by Crippen LogP contribution is -2.38. The molecule has 0 N–H and O–H groups in total. The summed E-state index contributed by atoms with van der Waals surface area (Å²) in [7, 11) is 0. The number of carbonyl (C=O) groups is 1. The van der Waals surface area contributed by atoms with E-state index in [9.17, 15) is 4.79 Å². The van der Waals surface area contributed by atoms with Gasteiger partial charge in [-0.15, -0.1) is 0 Å². The van der Waals surface area contributed by atoms with Crippen LogP contribution >= 0.6 is 11.3 Å². The number of hydrogen-bond acceptors (Lipinski definition) is 7. The molecule has 5 rings (SSSR count). The number of ether oxygens (including phenoxy) is 3. The minimum absolute atomic E-state index is 0.116. The molecule has 3 aromatic carbocycles. The Kier molecular flexibility index (Phi) is 6.83. The maximum atomic E-state index is 13.8. The van der Waals surface area contributed by atoms with Crippen LogP contribution in [-0.4, -0.2) is 48.8 Å². The number of rotatable bonds is 9. The number of thiazole rings is 1. The van der Waals surface area contributed by atoms with E-state index in [-0.39, 0.29) is 12.7 Å². The van der Waals surface area contributed by atoms with Crippen molar-refractivity contribution in [3.8, 4) is 23.0 Å². The normalized spacial score (nSPS) is 12.3. The number of hydrogen-bond donors (Lipinski definition) is 0. The van der Waals surface area contributed by atoms with E-state index in [1.807, 2.05) is 60.7 Å². The quantitative estimate of drug-likeness (QED) is 0.296. The number of benzene rings is 3. The third-order valence-corrected chi connectivity index (χ3v) is 6.98. The van der Waals surface area contributed by atoms with Crippen molar-refractivity contribution in [2.75, 3.05) is 37.9 Å². The molecule has 0 atom stereocenters. The van der Waals surface area contributed by atoms with E-state index >= 15 is 0 Å². The van der Waals surface area contributed by atoms with Gasteiger partial charge >= 0.3 is 0 Å². The molecule has 0 fully saturated rings. The van der Waals surface area contributed by atoms with Crippen molar-refractivity contribution in [2.24, 2.45) is 0 Å². The summed E-state index contributed by atoms with van der Waals surface area (Å²) < 4.78 is 17.9. The first-order valence-corrected chi connectivity index (χ1v) is 12.5. The van der Waals surface area contributed by atoms with Crippen LogP contribution in [-0.2, 0) is 0 Å². The van der Waals surface area contributed by atoms with Gasteiger partial charge in [-0.1, -0.05) is 49.4 Å².